The number of hydrogen-bond acceptors (Lipinski definition) is 4. The molecule has 1 aromatic carbocycles. The van der Waals surface area contributed by atoms with Gasteiger partial charge in [0.1, 0.15) is 11.9 Å². The Morgan fingerprint density at radius 1 is 1.18 bits per heavy atom. The molecule has 1 aromatic rings. The lowest BCUT2D eigenvalue weighted by Crippen LogP contribution is -2.56. The van der Waals surface area contributed by atoms with E-state index in [9.17, 15) is 17.6 Å². The van der Waals surface area contributed by atoms with Crippen LogP contribution in [0.1, 0.15) is 44.9 Å². The molecule has 1 amide bonds. The van der Waals surface area contributed by atoms with Gasteiger partial charge in [-0.1, -0.05) is 19.3 Å². The lowest BCUT2D eigenvalue weighted by Gasteiger charge is -2.38. The summed E-state index contributed by atoms with van der Waals surface area (Å²) in [5.74, 6) is -0.726. The number of likely N-dealkylation sites (N-methyl/N-ethyl adjacent to an activating group) is 1. The molecule has 2 aliphatic rings. The van der Waals surface area contributed by atoms with Crippen molar-refractivity contribution in [1.82, 2.24) is 14.5 Å². The Hall–Kier alpha value is -1.51. The summed E-state index contributed by atoms with van der Waals surface area (Å²) in [7, 11) is 0.216. The Morgan fingerprint density at radius 2 is 1.82 bits per heavy atom. The second-order valence-corrected chi connectivity index (χ2v) is 10.0. The Balaban J connectivity index is 1.75. The fourth-order valence-corrected chi connectivity index (χ4v) is 6.04. The quantitative estimate of drug-likeness (QED) is 0.780. The summed E-state index contributed by atoms with van der Waals surface area (Å²) in [4.78, 5) is 15.2. The monoisotopic (exact) mass is 411 g/mol. The van der Waals surface area contributed by atoms with Gasteiger partial charge in [0.25, 0.3) is 0 Å². The first-order chi connectivity index (χ1) is 13.3. The summed E-state index contributed by atoms with van der Waals surface area (Å²) < 4.78 is 40.6. The van der Waals surface area contributed by atoms with E-state index in [1.807, 2.05) is 14.1 Å². The third-order valence-electron chi connectivity index (χ3n) is 6.25. The first-order valence-electron chi connectivity index (χ1n) is 9.99. The maximum absolute atomic E-state index is 13.2. The molecular formula is C20H30FN3O3S. The van der Waals surface area contributed by atoms with Crippen LogP contribution in [0.5, 0.6) is 0 Å². The topological polar surface area (TPSA) is 69.7 Å². The molecule has 0 radical (unpaired) electrons. The molecule has 1 saturated heterocycles. The molecule has 156 valence electrons. The second kappa shape index (κ2) is 8.47. The zero-order valence-electron chi connectivity index (χ0n) is 16.7. The lowest BCUT2D eigenvalue weighted by atomic mass is 9.95. The highest BCUT2D eigenvalue weighted by Gasteiger charge is 2.40. The maximum atomic E-state index is 13.2. The number of halogens is 1. The van der Waals surface area contributed by atoms with Crippen molar-refractivity contribution in [2.75, 3.05) is 27.2 Å². The van der Waals surface area contributed by atoms with Gasteiger partial charge in [-0.15, -0.1) is 0 Å². The summed E-state index contributed by atoms with van der Waals surface area (Å²) in [5, 5.41) is 3.03. The summed E-state index contributed by atoms with van der Waals surface area (Å²) in [6.45, 7) is 0.830. The second-order valence-electron chi connectivity index (χ2n) is 8.12. The molecule has 1 atom stereocenters. The summed E-state index contributed by atoms with van der Waals surface area (Å²) >= 11 is 0. The minimum absolute atomic E-state index is 0.0224. The van der Waals surface area contributed by atoms with Crippen LogP contribution in [0.4, 0.5) is 4.39 Å². The highest BCUT2D eigenvalue weighted by Crippen LogP contribution is 2.33. The fraction of sp³-hybridized carbons (Fsp3) is 0.650. The number of hydrogen-bond donors (Lipinski definition) is 1. The van der Waals surface area contributed by atoms with Gasteiger partial charge in [0, 0.05) is 18.6 Å². The van der Waals surface area contributed by atoms with E-state index in [-0.39, 0.29) is 16.3 Å². The van der Waals surface area contributed by atoms with Crippen LogP contribution in [0.2, 0.25) is 0 Å². The molecule has 28 heavy (non-hydrogen) atoms. The average molecular weight is 412 g/mol. The fourth-order valence-electron chi connectivity index (χ4n) is 4.38. The standard InChI is InChI=1S/C20H30FN3O3S/c1-23(2)20(12-4-5-13-20)15-22-19(25)18-7-3-6-14-24(18)28(26,27)17-10-8-16(21)9-11-17/h8-11,18H,3-7,12-15H2,1-2H3,(H,22,25)/t18-/m1/s1. The van der Waals surface area contributed by atoms with E-state index in [4.69, 9.17) is 0 Å². The third kappa shape index (κ3) is 4.23. The zero-order valence-corrected chi connectivity index (χ0v) is 17.5. The largest absolute Gasteiger partial charge is 0.353 e. The minimum Gasteiger partial charge on any atom is -0.353 e. The number of nitrogens with zero attached hydrogens (tertiary/aromatic N) is 2. The predicted octanol–water partition coefficient (Wildman–Crippen LogP) is 2.36. The van der Waals surface area contributed by atoms with Gasteiger partial charge in [0.2, 0.25) is 15.9 Å². The van der Waals surface area contributed by atoms with E-state index < -0.39 is 21.9 Å². The molecule has 6 nitrogen and oxygen atoms in total. The maximum Gasteiger partial charge on any atom is 0.243 e. The molecule has 1 N–H and O–H groups in total. The molecule has 1 saturated carbocycles. The Morgan fingerprint density at radius 3 is 2.43 bits per heavy atom. The van der Waals surface area contributed by atoms with Crippen LogP contribution in [0.3, 0.4) is 0 Å². The number of piperidine rings is 1. The van der Waals surface area contributed by atoms with E-state index in [0.717, 1.165) is 44.2 Å². The van der Waals surface area contributed by atoms with E-state index in [0.29, 0.717) is 25.9 Å². The van der Waals surface area contributed by atoms with Crippen LogP contribution in [-0.4, -0.2) is 62.3 Å². The molecule has 0 spiro atoms. The number of amides is 1. The molecule has 1 heterocycles. The Labute approximate surface area is 167 Å². The van der Waals surface area contributed by atoms with Crippen molar-refractivity contribution < 1.29 is 17.6 Å². The third-order valence-corrected chi connectivity index (χ3v) is 8.17. The first kappa shape index (κ1) is 21.2. The summed E-state index contributed by atoms with van der Waals surface area (Å²) in [6, 6.07) is 4.06. The van der Waals surface area contributed by atoms with E-state index in [1.165, 1.54) is 16.4 Å². The van der Waals surface area contributed by atoms with Crippen molar-refractivity contribution in [3.63, 3.8) is 0 Å². The SMILES string of the molecule is CN(C)C1(CNC(=O)[C@H]2CCCCN2S(=O)(=O)c2ccc(F)cc2)CCCC1. The highest BCUT2D eigenvalue weighted by atomic mass is 32.2. The predicted molar refractivity (Wildman–Crippen MR) is 106 cm³/mol. The lowest BCUT2D eigenvalue weighted by molar-refractivity contribution is -0.126. The molecule has 1 aliphatic heterocycles. The first-order valence-corrected chi connectivity index (χ1v) is 11.4. The molecule has 0 bridgehead atoms. The van der Waals surface area contributed by atoms with E-state index in [2.05, 4.69) is 10.2 Å². The Kier molecular flexibility index (Phi) is 6.41. The molecule has 3 rings (SSSR count). The van der Waals surface area contributed by atoms with Crippen LogP contribution in [-0.2, 0) is 14.8 Å². The van der Waals surface area contributed by atoms with Crippen molar-refractivity contribution in [3.05, 3.63) is 30.1 Å². The van der Waals surface area contributed by atoms with E-state index in [1.54, 1.807) is 0 Å². The number of rotatable bonds is 6. The van der Waals surface area contributed by atoms with Gasteiger partial charge in [-0.25, -0.2) is 12.8 Å². The van der Waals surface area contributed by atoms with Gasteiger partial charge < -0.3 is 10.2 Å². The molecule has 2 fully saturated rings. The number of carbonyl (C=O) groups is 1. The molecule has 1 aliphatic carbocycles. The minimum atomic E-state index is -3.85. The smallest absolute Gasteiger partial charge is 0.243 e. The number of carbonyl (C=O) groups excluding carboxylic acids is 1. The van der Waals surface area contributed by atoms with Crippen molar-refractivity contribution in [3.8, 4) is 0 Å². The number of sulfonamides is 1. The molecule has 0 unspecified atom stereocenters. The number of benzene rings is 1. The van der Waals surface area contributed by atoms with Gasteiger partial charge in [-0.05, 0) is 64.0 Å². The Bertz CT molecular complexity index is 789. The highest BCUT2D eigenvalue weighted by molar-refractivity contribution is 7.89. The van der Waals surface area contributed by atoms with Crippen LogP contribution >= 0.6 is 0 Å². The normalized spacial score (nSPS) is 23.1. The van der Waals surface area contributed by atoms with Crippen LogP contribution in [0, 0.1) is 5.82 Å². The number of nitrogens with one attached hydrogen (secondary N) is 1. The van der Waals surface area contributed by atoms with Crippen molar-refractivity contribution >= 4 is 15.9 Å². The van der Waals surface area contributed by atoms with Gasteiger partial charge >= 0.3 is 0 Å². The molecule has 0 aromatic heterocycles. The van der Waals surface area contributed by atoms with Crippen LogP contribution in [0.15, 0.2) is 29.2 Å². The van der Waals surface area contributed by atoms with Gasteiger partial charge in [0.15, 0.2) is 0 Å². The van der Waals surface area contributed by atoms with Crippen LogP contribution < -0.4 is 5.32 Å². The van der Waals surface area contributed by atoms with Gasteiger partial charge in [-0.2, -0.15) is 4.31 Å². The summed E-state index contributed by atoms with van der Waals surface area (Å²) in [5.41, 5.74) is -0.0506. The van der Waals surface area contributed by atoms with Crippen molar-refractivity contribution in [1.29, 1.82) is 0 Å². The molecule has 8 heteroatoms. The van der Waals surface area contributed by atoms with Crippen molar-refractivity contribution in [2.45, 2.75) is 61.4 Å². The molecular weight excluding hydrogens is 381 g/mol. The van der Waals surface area contributed by atoms with Gasteiger partial charge in [0.05, 0.1) is 4.90 Å². The zero-order chi connectivity index (χ0) is 20.4. The van der Waals surface area contributed by atoms with Gasteiger partial charge in [-0.3, -0.25) is 4.79 Å². The van der Waals surface area contributed by atoms with Crippen molar-refractivity contribution in [2.24, 2.45) is 0 Å². The van der Waals surface area contributed by atoms with E-state index >= 15 is 0 Å². The average Bonchev–Trinajstić information content (AvgIpc) is 3.17. The van der Waals surface area contributed by atoms with Crippen LogP contribution in [0.25, 0.3) is 0 Å². The summed E-state index contributed by atoms with van der Waals surface area (Å²) in [6.07, 6.45) is 6.37.